The normalized spacial score (nSPS) is 16.4. The Bertz CT molecular complexity index is 1040. The molecule has 2 aromatic rings. The van der Waals surface area contributed by atoms with Gasteiger partial charge in [-0.05, 0) is 36.6 Å². The second-order valence-electron chi connectivity index (χ2n) is 8.25. The molecular weight excluding hydrogens is 475 g/mol. The molecule has 1 aliphatic carbocycles. The number of hydrogen-bond acceptors (Lipinski definition) is 6. The van der Waals surface area contributed by atoms with Crippen molar-refractivity contribution in [2.45, 2.75) is 25.4 Å². The summed E-state index contributed by atoms with van der Waals surface area (Å²) in [6.07, 6.45) is -1.90. The van der Waals surface area contributed by atoms with Crippen molar-refractivity contribution in [3.63, 3.8) is 0 Å². The second-order valence-corrected chi connectivity index (χ2v) is 8.68. The maximum absolute atomic E-state index is 13.3. The minimum atomic E-state index is -4.66. The smallest absolute Gasteiger partial charge is 0.390 e. The molecule has 2 fully saturated rings. The van der Waals surface area contributed by atoms with E-state index in [0.29, 0.717) is 31.4 Å². The van der Waals surface area contributed by atoms with E-state index in [0.717, 1.165) is 24.6 Å². The number of ether oxygens (including phenoxy) is 1. The molecule has 4 rings (SSSR count). The molecule has 1 aliphatic heterocycles. The van der Waals surface area contributed by atoms with Crippen LogP contribution in [0.25, 0.3) is 0 Å². The van der Waals surface area contributed by atoms with Crippen LogP contribution in [0.3, 0.4) is 0 Å². The Kier molecular flexibility index (Phi) is 7.11. The van der Waals surface area contributed by atoms with E-state index < -0.39 is 29.3 Å². The summed E-state index contributed by atoms with van der Waals surface area (Å²) in [5.74, 6) is 0.541. The monoisotopic (exact) mass is 497 g/mol. The van der Waals surface area contributed by atoms with Gasteiger partial charge in [-0.1, -0.05) is 24.4 Å². The van der Waals surface area contributed by atoms with E-state index in [2.05, 4.69) is 15.5 Å². The molecule has 8 nitrogen and oxygen atoms in total. The summed E-state index contributed by atoms with van der Waals surface area (Å²) in [5.41, 5.74) is -1.48. The molecule has 1 aromatic heterocycles. The summed E-state index contributed by atoms with van der Waals surface area (Å²) in [6, 6.07) is 6.13. The molecule has 1 N–H and O–H groups in total. The molecule has 34 heavy (non-hydrogen) atoms. The summed E-state index contributed by atoms with van der Waals surface area (Å²) in [5, 5.41) is 10.7. The van der Waals surface area contributed by atoms with Gasteiger partial charge in [-0.3, -0.25) is 4.79 Å². The van der Waals surface area contributed by atoms with Crippen molar-refractivity contribution >= 4 is 29.4 Å². The first-order valence-corrected chi connectivity index (χ1v) is 11.3. The average Bonchev–Trinajstić information content (AvgIpc) is 3.63. The van der Waals surface area contributed by atoms with Gasteiger partial charge in [0.1, 0.15) is 0 Å². The van der Waals surface area contributed by atoms with Crippen molar-refractivity contribution in [3.8, 4) is 5.88 Å². The summed E-state index contributed by atoms with van der Waals surface area (Å²) in [7, 11) is 0. The summed E-state index contributed by atoms with van der Waals surface area (Å²) >= 11 is 5.84. The van der Waals surface area contributed by atoms with Crippen LogP contribution in [-0.2, 0) is 6.18 Å². The number of carbonyl (C=O) groups excluding carboxylic acids is 2. The number of nitrogens with one attached hydrogen (secondary N) is 1. The third kappa shape index (κ3) is 6.07. The summed E-state index contributed by atoms with van der Waals surface area (Å²) in [6.45, 7) is 1.66. The Hall–Kier alpha value is -3.08. The molecule has 12 heteroatoms. The number of nitrogens with zero attached hydrogens (tertiary/aromatic N) is 4. The third-order valence-electron chi connectivity index (χ3n) is 5.75. The lowest BCUT2D eigenvalue weighted by Crippen LogP contribution is -2.49. The van der Waals surface area contributed by atoms with Gasteiger partial charge in [-0.15, -0.1) is 10.2 Å². The van der Waals surface area contributed by atoms with E-state index in [1.807, 2.05) is 4.90 Å². The number of alkyl halides is 3. The lowest BCUT2D eigenvalue weighted by atomic mass is 10.1. The van der Waals surface area contributed by atoms with Crippen LogP contribution in [0, 0.1) is 5.92 Å². The Balaban J connectivity index is 1.31. The van der Waals surface area contributed by atoms with Gasteiger partial charge in [0.15, 0.2) is 5.82 Å². The SMILES string of the molecule is O=C(NCCC1CC1)Oc1ccc(N2CCN(C(=O)c3cc(Cl)ccc3C(F)(F)F)CC2)nn1. The van der Waals surface area contributed by atoms with E-state index in [9.17, 15) is 22.8 Å². The summed E-state index contributed by atoms with van der Waals surface area (Å²) in [4.78, 5) is 27.8. The lowest BCUT2D eigenvalue weighted by molar-refractivity contribution is -0.138. The quantitative estimate of drug-likeness (QED) is 0.649. The van der Waals surface area contributed by atoms with Crippen LogP contribution in [0.5, 0.6) is 5.88 Å². The fourth-order valence-corrected chi connectivity index (χ4v) is 3.87. The van der Waals surface area contributed by atoms with Crippen molar-refractivity contribution in [1.29, 1.82) is 0 Å². The Morgan fingerprint density at radius 3 is 2.44 bits per heavy atom. The molecule has 182 valence electrons. The number of carbonyl (C=O) groups is 2. The lowest BCUT2D eigenvalue weighted by Gasteiger charge is -2.35. The predicted molar refractivity (Wildman–Crippen MR) is 118 cm³/mol. The molecule has 2 heterocycles. The summed E-state index contributed by atoms with van der Waals surface area (Å²) < 4.78 is 45.1. The molecule has 1 saturated heterocycles. The van der Waals surface area contributed by atoms with Gasteiger partial charge in [-0.2, -0.15) is 13.2 Å². The Morgan fingerprint density at radius 2 is 1.82 bits per heavy atom. The molecule has 2 aliphatic rings. The van der Waals surface area contributed by atoms with E-state index >= 15 is 0 Å². The first kappa shape index (κ1) is 24.1. The predicted octanol–water partition coefficient (Wildman–Crippen LogP) is 4.00. The number of benzene rings is 1. The fraction of sp³-hybridized carbons (Fsp3) is 0.455. The number of anilines is 1. The first-order chi connectivity index (χ1) is 16.2. The largest absolute Gasteiger partial charge is 0.417 e. The minimum absolute atomic E-state index is 0.0575. The minimum Gasteiger partial charge on any atom is -0.390 e. The topological polar surface area (TPSA) is 87.7 Å². The standard InChI is InChI=1S/C22H23ClF3N5O3/c23-15-3-4-17(22(24,25)26)16(13-15)20(32)31-11-9-30(10-12-31)18-5-6-19(29-28-18)34-21(33)27-8-7-14-1-2-14/h3-6,13-14H,1-2,7-12H2,(H,27,33). The highest BCUT2D eigenvalue weighted by Gasteiger charge is 2.37. The average molecular weight is 498 g/mol. The van der Waals surface area contributed by atoms with Crippen molar-refractivity contribution < 1.29 is 27.5 Å². The molecule has 0 bridgehead atoms. The Labute approximate surface area is 199 Å². The van der Waals surface area contributed by atoms with Gasteiger partial charge in [-0.25, -0.2) is 4.79 Å². The van der Waals surface area contributed by atoms with Crippen molar-refractivity contribution in [1.82, 2.24) is 20.4 Å². The highest BCUT2D eigenvalue weighted by molar-refractivity contribution is 6.31. The number of amides is 2. The number of piperazine rings is 1. The fourth-order valence-electron chi connectivity index (χ4n) is 3.70. The van der Waals surface area contributed by atoms with Gasteiger partial charge in [0.25, 0.3) is 5.91 Å². The molecule has 0 spiro atoms. The highest BCUT2D eigenvalue weighted by atomic mass is 35.5. The number of rotatable bonds is 6. The first-order valence-electron chi connectivity index (χ1n) is 10.9. The maximum Gasteiger partial charge on any atom is 0.417 e. The highest BCUT2D eigenvalue weighted by Crippen LogP contribution is 2.34. The zero-order valence-electron chi connectivity index (χ0n) is 18.1. The van der Waals surface area contributed by atoms with Crippen molar-refractivity contribution in [2.24, 2.45) is 5.92 Å². The zero-order valence-corrected chi connectivity index (χ0v) is 18.9. The van der Waals surface area contributed by atoms with Gasteiger partial charge in [0.05, 0.1) is 11.1 Å². The van der Waals surface area contributed by atoms with E-state index in [1.165, 1.54) is 23.8 Å². The molecular formula is C22H23ClF3N5O3. The van der Waals surface area contributed by atoms with Gasteiger partial charge < -0.3 is 19.9 Å². The van der Waals surface area contributed by atoms with Crippen LogP contribution in [0.1, 0.15) is 35.2 Å². The molecule has 0 radical (unpaired) electrons. The molecule has 1 aromatic carbocycles. The van der Waals surface area contributed by atoms with Gasteiger partial charge in [0, 0.05) is 43.8 Å². The maximum atomic E-state index is 13.3. The molecule has 0 atom stereocenters. The molecule has 0 unspecified atom stereocenters. The van der Waals surface area contributed by atoms with Crippen LogP contribution < -0.4 is 15.0 Å². The number of hydrogen-bond donors (Lipinski definition) is 1. The van der Waals surface area contributed by atoms with E-state index in [-0.39, 0.29) is 24.0 Å². The van der Waals surface area contributed by atoms with Crippen LogP contribution >= 0.6 is 11.6 Å². The zero-order chi connectivity index (χ0) is 24.3. The van der Waals surface area contributed by atoms with Crippen LogP contribution in [0.15, 0.2) is 30.3 Å². The Morgan fingerprint density at radius 1 is 1.09 bits per heavy atom. The molecule has 1 saturated carbocycles. The van der Waals surface area contributed by atoms with E-state index in [1.54, 1.807) is 6.07 Å². The van der Waals surface area contributed by atoms with Crippen LogP contribution in [0.4, 0.5) is 23.8 Å². The van der Waals surface area contributed by atoms with Gasteiger partial charge in [0.2, 0.25) is 5.88 Å². The number of aromatic nitrogens is 2. The number of halogens is 4. The van der Waals surface area contributed by atoms with E-state index in [4.69, 9.17) is 16.3 Å². The van der Waals surface area contributed by atoms with Crippen molar-refractivity contribution in [2.75, 3.05) is 37.6 Å². The van der Waals surface area contributed by atoms with Crippen molar-refractivity contribution in [3.05, 3.63) is 46.5 Å². The van der Waals surface area contributed by atoms with Crippen LogP contribution in [0.2, 0.25) is 5.02 Å². The third-order valence-corrected chi connectivity index (χ3v) is 5.99. The molecule has 2 amide bonds. The second kappa shape index (κ2) is 10.0. The van der Waals surface area contributed by atoms with Crippen LogP contribution in [-0.4, -0.2) is 59.8 Å². The van der Waals surface area contributed by atoms with Gasteiger partial charge >= 0.3 is 12.3 Å².